The summed E-state index contributed by atoms with van der Waals surface area (Å²) in [6.45, 7) is 8.24. The third-order valence-corrected chi connectivity index (χ3v) is 5.46. The highest BCUT2D eigenvalue weighted by atomic mass is 32.2. The van der Waals surface area contributed by atoms with Crippen molar-refractivity contribution in [2.24, 2.45) is 0 Å². The Hall–Kier alpha value is -1.81. The van der Waals surface area contributed by atoms with Gasteiger partial charge in [-0.15, -0.1) is 0 Å². The van der Waals surface area contributed by atoms with Crippen LogP contribution in [-0.2, 0) is 22.9 Å². The number of sulfonamides is 1. The summed E-state index contributed by atoms with van der Waals surface area (Å²) >= 11 is 0. The summed E-state index contributed by atoms with van der Waals surface area (Å²) in [5.74, 6) is 0.382. The second-order valence-electron chi connectivity index (χ2n) is 5.99. The highest BCUT2D eigenvalue weighted by Gasteiger charge is 2.17. The molecule has 0 aromatic heterocycles. The van der Waals surface area contributed by atoms with Crippen LogP contribution < -0.4 is 4.72 Å². The van der Waals surface area contributed by atoms with E-state index in [4.69, 9.17) is 0 Å². The molecule has 0 unspecified atom stereocenters. The molecular formula is C19H25NO2S. The lowest BCUT2D eigenvalue weighted by Crippen LogP contribution is -2.15. The lowest BCUT2D eigenvalue weighted by atomic mass is 10.0. The van der Waals surface area contributed by atoms with Gasteiger partial charge in [-0.25, -0.2) is 8.42 Å². The molecule has 0 aliphatic heterocycles. The average molecular weight is 331 g/mol. The van der Waals surface area contributed by atoms with Gasteiger partial charge >= 0.3 is 0 Å². The first-order chi connectivity index (χ1) is 10.9. The first-order valence-corrected chi connectivity index (χ1v) is 9.60. The molecule has 0 saturated carbocycles. The zero-order chi connectivity index (χ0) is 17.0. The van der Waals surface area contributed by atoms with Crippen LogP contribution >= 0.6 is 0 Å². The van der Waals surface area contributed by atoms with Gasteiger partial charge in [0.1, 0.15) is 0 Å². The molecule has 0 spiro atoms. The topological polar surface area (TPSA) is 46.2 Å². The molecule has 2 aromatic carbocycles. The molecule has 0 heterocycles. The molecule has 2 rings (SSSR count). The summed E-state index contributed by atoms with van der Waals surface area (Å²) < 4.78 is 28.2. The maximum Gasteiger partial charge on any atom is 0.261 e. The summed E-state index contributed by atoms with van der Waals surface area (Å²) in [4.78, 5) is 0.301. The van der Waals surface area contributed by atoms with E-state index in [0.29, 0.717) is 10.8 Å². The molecule has 0 aliphatic carbocycles. The summed E-state index contributed by atoms with van der Waals surface area (Å²) in [5, 5.41) is 0. The number of benzene rings is 2. The molecule has 1 N–H and O–H groups in total. The maximum absolute atomic E-state index is 12.7. The van der Waals surface area contributed by atoms with Crippen LogP contribution in [0.5, 0.6) is 0 Å². The summed E-state index contributed by atoms with van der Waals surface area (Å²) in [6.07, 6.45) is 1.58. The summed E-state index contributed by atoms with van der Waals surface area (Å²) in [5.41, 5.74) is 3.90. The number of rotatable bonds is 6. The molecule has 0 amide bonds. The standard InChI is InChI=1S/C19H25NO2S/c1-5-15-8-7-9-16(6-2)19(15)20-23(21,22)18-12-10-17(11-13-18)14(3)4/h7-14,20H,5-6H2,1-4H3. The van der Waals surface area contributed by atoms with Crippen LogP contribution in [0.15, 0.2) is 47.4 Å². The van der Waals surface area contributed by atoms with Crippen LogP contribution in [0.25, 0.3) is 0 Å². The Kier molecular flexibility index (Phi) is 5.47. The Bertz CT molecular complexity index is 740. The molecule has 4 heteroatoms. The van der Waals surface area contributed by atoms with Crippen LogP contribution in [0.2, 0.25) is 0 Å². The maximum atomic E-state index is 12.7. The smallest absolute Gasteiger partial charge is 0.261 e. The van der Waals surface area contributed by atoms with Crippen molar-refractivity contribution in [2.75, 3.05) is 4.72 Å². The second-order valence-corrected chi connectivity index (χ2v) is 7.67. The molecule has 0 saturated heterocycles. The van der Waals surface area contributed by atoms with Crippen LogP contribution in [0, 0.1) is 0 Å². The van der Waals surface area contributed by atoms with Crippen molar-refractivity contribution in [1.82, 2.24) is 0 Å². The molecule has 0 bridgehead atoms. The quantitative estimate of drug-likeness (QED) is 0.831. The Morgan fingerprint density at radius 2 is 1.43 bits per heavy atom. The SMILES string of the molecule is CCc1cccc(CC)c1NS(=O)(=O)c1ccc(C(C)C)cc1. The van der Waals surface area contributed by atoms with Gasteiger partial charge in [-0.05, 0) is 47.6 Å². The highest BCUT2D eigenvalue weighted by Crippen LogP contribution is 2.26. The fourth-order valence-corrected chi connectivity index (χ4v) is 3.74. The van der Waals surface area contributed by atoms with E-state index in [1.807, 2.05) is 44.2 Å². The molecule has 0 radical (unpaired) electrons. The third-order valence-electron chi connectivity index (χ3n) is 4.09. The second kappa shape index (κ2) is 7.18. The van der Waals surface area contributed by atoms with Gasteiger partial charge in [-0.1, -0.05) is 58.0 Å². The van der Waals surface area contributed by atoms with Gasteiger partial charge in [0.15, 0.2) is 0 Å². The van der Waals surface area contributed by atoms with Gasteiger partial charge in [0.25, 0.3) is 10.0 Å². The van der Waals surface area contributed by atoms with Crippen molar-refractivity contribution >= 4 is 15.7 Å². The first kappa shape index (κ1) is 17.5. The van der Waals surface area contributed by atoms with E-state index in [1.165, 1.54) is 0 Å². The van der Waals surface area contributed by atoms with Gasteiger partial charge in [-0.3, -0.25) is 4.72 Å². The molecule has 0 fully saturated rings. The van der Waals surface area contributed by atoms with Crippen molar-refractivity contribution in [2.45, 2.75) is 51.3 Å². The number of anilines is 1. The van der Waals surface area contributed by atoms with Crippen LogP contribution in [0.4, 0.5) is 5.69 Å². The van der Waals surface area contributed by atoms with Crippen LogP contribution in [-0.4, -0.2) is 8.42 Å². The van der Waals surface area contributed by atoms with Crippen molar-refractivity contribution in [1.29, 1.82) is 0 Å². The Balaban J connectivity index is 2.38. The van der Waals surface area contributed by atoms with Gasteiger partial charge < -0.3 is 0 Å². The molecule has 0 atom stereocenters. The Morgan fingerprint density at radius 1 is 0.913 bits per heavy atom. The largest absolute Gasteiger partial charge is 0.279 e. The molecule has 23 heavy (non-hydrogen) atoms. The fraction of sp³-hybridized carbons (Fsp3) is 0.368. The zero-order valence-corrected chi connectivity index (χ0v) is 15.1. The molecular weight excluding hydrogens is 306 g/mol. The summed E-state index contributed by atoms with van der Waals surface area (Å²) in [6, 6.07) is 13.0. The predicted octanol–water partition coefficient (Wildman–Crippen LogP) is 4.74. The van der Waals surface area contributed by atoms with Gasteiger partial charge in [0.2, 0.25) is 0 Å². The van der Waals surface area contributed by atoms with E-state index in [2.05, 4.69) is 18.6 Å². The average Bonchev–Trinajstić information content (AvgIpc) is 2.54. The normalized spacial score (nSPS) is 11.7. The van der Waals surface area contributed by atoms with Gasteiger partial charge in [0.05, 0.1) is 10.6 Å². The zero-order valence-electron chi connectivity index (χ0n) is 14.3. The molecule has 124 valence electrons. The van der Waals surface area contributed by atoms with E-state index in [1.54, 1.807) is 12.1 Å². The lowest BCUT2D eigenvalue weighted by Gasteiger charge is -2.16. The number of nitrogens with one attached hydrogen (secondary N) is 1. The van der Waals surface area contributed by atoms with E-state index < -0.39 is 10.0 Å². The lowest BCUT2D eigenvalue weighted by molar-refractivity contribution is 0.601. The highest BCUT2D eigenvalue weighted by molar-refractivity contribution is 7.92. The fourth-order valence-electron chi connectivity index (χ4n) is 2.60. The van der Waals surface area contributed by atoms with Crippen LogP contribution in [0.1, 0.15) is 50.3 Å². The monoisotopic (exact) mass is 331 g/mol. The minimum Gasteiger partial charge on any atom is -0.279 e. The van der Waals surface area contributed by atoms with Crippen molar-refractivity contribution in [3.8, 4) is 0 Å². The van der Waals surface area contributed by atoms with Crippen molar-refractivity contribution in [3.05, 3.63) is 59.2 Å². The minimum atomic E-state index is -3.57. The van der Waals surface area contributed by atoms with Crippen LogP contribution in [0.3, 0.4) is 0 Å². The van der Waals surface area contributed by atoms with E-state index in [9.17, 15) is 8.42 Å². The molecule has 0 aliphatic rings. The third kappa shape index (κ3) is 3.94. The number of aryl methyl sites for hydroxylation is 2. The van der Waals surface area contributed by atoms with Crippen molar-refractivity contribution < 1.29 is 8.42 Å². The Labute approximate surface area is 139 Å². The van der Waals surface area contributed by atoms with Crippen molar-refractivity contribution in [3.63, 3.8) is 0 Å². The van der Waals surface area contributed by atoms with E-state index >= 15 is 0 Å². The van der Waals surface area contributed by atoms with Gasteiger partial charge in [0, 0.05) is 0 Å². The summed E-state index contributed by atoms with van der Waals surface area (Å²) in [7, 11) is -3.57. The van der Waals surface area contributed by atoms with E-state index in [-0.39, 0.29) is 0 Å². The molecule has 2 aromatic rings. The Morgan fingerprint density at radius 3 is 1.87 bits per heavy atom. The number of hydrogen-bond donors (Lipinski definition) is 1. The first-order valence-electron chi connectivity index (χ1n) is 8.12. The van der Waals surface area contributed by atoms with Gasteiger partial charge in [-0.2, -0.15) is 0 Å². The minimum absolute atomic E-state index is 0.301. The van der Waals surface area contributed by atoms with E-state index in [0.717, 1.165) is 35.2 Å². The number of para-hydroxylation sites is 1. The molecule has 3 nitrogen and oxygen atoms in total. The predicted molar refractivity (Wildman–Crippen MR) is 96.5 cm³/mol. The number of hydrogen-bond acceptors (Lipinski definition) is 2.